The van der Waals surface area contributed by atoms with Gasteiger partial charge in [0.1, 0.15) is 0 Å². The van der Waals surface area contributed by atoms with Gasteiger partial charge in [-0.25, -0.2) is 0 Å². The van der Waals surface area contributed by atoms with Gasteiger partial charge in [0, 0.05) is 25.7 Å². The molecule has 0 spiro atoms. The first-order valence-electron chi connectivity index (χ1n) is 7.02. The maximum atomic E-state index is 12.4. The Morgan fingerprint density at radius 2 is 2.28 bits per heavy atom. The minimum Gasteiger partial charge on any atom is -0.395 e. The number of ether oxygens (including phenoxy) is 1. The molecule has 2 N–H and O–H groups in total. The fourth-order valence-corrected chi connectivity index (χ4v) is 2.78. The molecule has 2 atom stereocenters. The molecule has 2 aliphatic heterocycles. The molecule has 0 aromatic rings. The summed E-state index contributed by atoms with van der Waals surface area (Å²) >= 11 is 0. The van der Waals surface area contributed by atoms with E-state index in [1.54, 1.807) is 0 Å². The topological polar surface area (TPSA) is 61.8 Å². The normalized spacial score (nSPS) is 28.3. The van der Waals surface area contributed by atoms with Crippen molar-refractivity contribution < 1.29 is 14.6 Å². The lowest BCUT2D eigenvalue weighted by atomic mass is 10.0. The molecule has 0 radical (unpaired) electrons. The minimum absolute atomic E-state index is 0.00768. The van der Waals surface area contributed by atoms with Gasteiger partial charge in [-0.1, -0.05) is 0 Å². The molecule has 2 unspecified atom stereocenters. The molecule has 0 bridgehead atoms. The van der Waals surface area contributed by atoms with Crippen LogP contribution in [-0.4, -0.2) is 61.4 Å². The van der Waals surface area contributed by atoms with E-state index in [-0.39, 0.29) is 18.4 Å². The highest BCUT2D eigenvalue weighted by Gasteiger charge is 2.28. The molecule has 2 aliphatic rings. The second-order valence-electron chi connectivity index (χ2n) is 5.22. The van der Waals surface area contributed by atoms with Gasteiger partial charge in [-0.2, -0.15) is 0 Å². The molecule has 5 heteroatoms. The summed E-state index contributed by atoms with van der Waals surface area (Å²) in [5.41, 5.74) is 0. The van der Waals surface area contributed by atoms with Crippen molar-refractivity contribution in [3.8, 4) is 0 Å². The van der Waals surface area contributed by atoms with Crippen LogP contribution in [0.5, 0.6) is 0 Å². The van der Waals surface area contributed by atoms with Gasteiger partial charge >= 0.3 is 0 Å². The molecule has 0 saturated carbocycles. The van der Waals surface area contributed by atoms with Crippen LogP contribution in [-0.2, 0) is 9.53 Å². The van der Waals surface area contributed by atoms with Gasteiger partial charge in [-0.15, -0.1) is 0 Å². The van der Waals surface area contributed by atoms with E-state index in [4.69, 9.17) is 9.84 Å². The number of hydrogen-bond acceptors (Lipinski definition) is 4. The Morgan fingerprint density at radius 1 is 1.39 bits per heavy atom. The Morgan fingerprint density at radius 3 is 2.89 bits per heavy atom. The molecule has 5 nitrogen and oxygen atoms in total. The maximum absolute atomic E-state index is 12.4. The first-order chi connectivity index (χ1) is 8.81. The predicted octanol–water partition coefficient (Wildman–Crippen LogP) is -0.0141. The van der Waals surface area contributed by atoms with Gasteiger partial charge in [0.2, 0.25) is 5.91 Å². The molecule has 2 saturated heterocycles. The number of carbonyl (C=O) groups excluding carboxylic acids is 1. The lowest BCUT2D eigenvalue weighted by Gasteiger charge is -2.30. The second-order valence-corrected chi connectivity index (χ2v) is 5.22. The van der Waals surface area contributed by atoms with Gasteiger partial charge < -0.3 is 20.1 Å². The zero-order chi connectivity index (χ0) is 12.8. The predicted molar refractivity (Wildman–Crippen MR) is 68.2 cm³/mol. The first-order valence-corrected chi connectivity index (χ1v) is 7.02. The highest BCUT2D eigenvalue weighted by molar-refractivity contribution is 5.79. The Kier molecular flexibility index (Phi) is 5.41. The summed E-state index contributed by atoms with van der Waals surface area (Å²) in [7, 11) is 0. The number of nitrogens with zero attached hydrogens (tertiary/aromatic N) is 1. The van der Waals surface area contributed by atoms with E-state index in [1.807, 2.05) is 4.90 Å². The molecule has 0 aromatic heterocycles. The molecule has 18 heavy (non-hydrogen) atoms. The number of hydrogen-bond donors (Lipinski definition) is 2. The third-order valence-electron chi connectivity index (χ3n) is 3.79. The molecule has 1 amide bonds. The van der Waals surface area contributed by atoms with E-state index in [1.165, 1.54) is 6.42 Å². The fraction of sp³-hybridized carbons (Fsp3) is 0.923. The maximum Gasteiger partial charge on any atom is 0.228 e. The largest absolute Gasteiger partial charge is 0.395 e. The molecule has 2 heterocycles. The summed E-state index contributed by atoms with van der Waals surface area (Å²) in [4.78, 5) is 14.2. The number of carbonyl (C=O) groups is 1. The van der Waals surface area contributed by atoms with Crippen molar-refractivity contribution >= 4 is 5.91 Å². The van der Waals surface area contributed by atoms with Gasteiger partial charge in [0.05, 0.1) is 19.1 Å². The minimum atomic E-state index is -0.00768. The van der Waals surface area contributed by atoms with Crippen LogP contribution in [0.15, 0.2) is 0 Å². The molecular weight excluding hydrogens is 232 g/mol. The Balaban J connectivity index is 1.87. The average molecular weight is 256 g/mol. The van der Waals surface area contributed by atoms with E-state index in [0.29, 0.717) is 19.2 Å². The van der Waals surface area contributed by atoms with E-state index in [0.717, 1.165) is 39.0 Å². The molecule has 104 valence electrons. The highest BCUT2D eigenvalue weighted by atomic mass is 16.5. The third kappa shape index (κ3) is 3.67. The number of aliphatic hydroxyl groups is 1. The van der Waals surface area contributed by atoms with Crippen molar-refractivity contribution in [1.82, 2.24) is 10.2 Å². The number of amides is 1. The highest BCUT2D eigenvalue weighted by Crippen LogP contribution is 2.17. The molecular formula is C13H24N2O3. The van der Waals surface area contributed by atoms with Crippen molar-refractivity contribution in [1.29, 1.82) is 0 Å². The van der Waals surface area contributed by atoms with Gasteiger partial charge in [0.25, 0.3) is 0 Å². The van der Waals surface area contributed by atoms with E-state index < -0.39 is 0 Å². The summed E-state index contributed by atoms with van der Waals surface area (Å²) < 4.78 is 5.38. The van der Waals surface area contributed by atoms with Gasteiger partial charge in [-0.3, -0.25) is 4.79 Å². The zero-order valence-corrected chi connectivity index (χ0v) is 10.9. The van der Waals surface area contributed by atoms with Crippen LogP contribution in [0.3, 0.4) is 0 Å². The van der Waals surface area contributed by atoms with E-state index in [2.05, 4.69) is 5.32 Å². The van der Waals surface area contributed by atoms with Gasteiger partial charge in [0.15, 0.2) is 0 Å². The average Bonchev–Trinajstić information content (AvgIpc) is 2.91. The van der Waals surface area contributed by atoms with Crippen LogP contribution < -0.4 is 5.32 Å². The smallest absolute Gasteiger partial charge is 0.228 e. The van der Waals surface area contributed by atoms with Crippen LogP contribution in [0, 0.1) is 5.92 Å². The molecule has 2 rings (SSSR count). The summed E-state index contributed by atoms with van der Waals surface area (Å²) in [5, 5.41) is 12.5. The van der Waals surface area contributed by atoms with Crippen molar-refractivity contribution in [2.75, 3.05) is 39.5 Å². The van der Waals surface area contributed by atoms with Crippen LogP contribution in [0.25, 0.3) is 0 Å². The second kappa shape index (κ2) is 7.07. The summed E-state index contributed by atoms with van der Waals surface area (Å²) in [6, 6.07) is 0.394. The lowest BCUT2D eigenvalue weighted by molar-refractivity contribution is -0.140. The van der Waals surface area contributed by atoms with Crippen molar-refractivity contribution in [2.24, 2.45) is 5.92 Å². The number of nitrogens with one attached hydrogen (secondary N) is 1. The Labute approximate surface area is 108 Å². The molecule has 0 aliphatic carbocycles. The Hall–Kier alpha value is -0.650. The van der Waals surface area contributed by atoms with Crippen molar-refractivity contribution in [2.45, 2.75) is 31.7 Å². The summed E-state index contributed by atoms with van der Waals surface area (Å²) in [6.45, 7) is 3.54. The summed E-state index contributed by atoms with van der Waals surface area (Å²) in [6.07, 6.45) is 4.18. The van der Waals surface area contributed by atoms with Crippen molar-refractivity contribution in [3.63, 3.8) is 0 Å². The van der Waals surface area contributed by atoms with E-state index >= 15 is 0 Å². The van der Waals surface area contributed by atoms with Crippen LogP contribution in [0.2, 0.25) is 0 Å². The number of rotatable bonds is 5. The SMILES string of the molecule is O=C(C1CCCOC1)N(CCO)CC1CCCN1. The summed E-state index contributed by atoms with van der Waals surface area (Å²) in [5.74, 6) is 0.143. The fourth-order valence-electron chi connectivity index (χ4n) is 2.78. The standard InChI is InChI=1S/C13H24N2O3/c16-7-6-15(9-12-4-1-5-14-12)13(17)11-3-2-8-18-10-11/h11-12,14,16H,1-10H2. The van der Waals surface area contributed by atoms with Gasteiger partial charge in [-0.05, 0) is 32.2 Å². The third-order valence-corrected chi connectivity index (χ3v) is 3.79. The quantitative estimate of drug-likeness (QED) is 0.726. The number of aliphatic hydroxyl groups excluding tert-OH is 1. The van der Waals surface area contributed by atoms with E-state index in [9.17, 15) is 4.79 Å². The Bertz CT molecular complexity index is 261. The lowest BCUT2D eigenvalue weighted by Crippen LogP contribution is -2.46. The monoisotopic (exact) mass is 256 g/mol. The zero-order valence-electron chi connectivity index (χ0n) is 10.9. The van der Waals surface area contributed by atoms with Crippen LogP contribution in [0.1, 0.15) is 25.7 Å². The molecule has 2 fully saturated rings. The van der Waals surface area contributed by atoms with Crippen LogP contribution >= 0.6 is 0 Å². The van der Waals surface area contributed by atoms with Crippen LogP contribution in [0.4, 0.5) is 0 Å². The first kappa shape index (κ1) is 13.8. The molecule has 0 aromatic carbocycles. The van der Waals surface area contributed by atoms with Crippen molar-refractivity contribution in [3.05, 3.63) is 0 Å².